The lowest BCUT2D eigenvalue weighted by Crippen LogP contribution is -2.49. The maximum absolute atomic E-state index is 13.2. The number of amides is 1. The summed E-state index contributed by atoms with van der Waals surface area (Å²) in [5.41, 5.74) is 1.98. The molecule has 190 valence electrons. The van der Waals surface area contributed by atoms with Crippen LogP contribution >= 0.6 is 10.6 Å². The molecule has 1 saturated heterocycles. The predicted octanol–water partition coefficient (Wildman–Crippen LogP) is 4.34. The third kappa shape index (κ3) is 5.07. The van der Waals surface area contributed by atoms with Gasteiger partial charge in [0.2, 0.25) is 11.8 Å². The average molecular weight is 510 g/mol. The first-order valence-electron chi connectivity index (χ1n) is 11.8. The van der Waals surface area contributed by atoms with E-state index in [0.29, 0.717) is 42.6 Å². The molecule has 11 heteroatoms. The average Bonchev–Trinajstić information content (AvgIpc) is 3.51. The zero-order valence-electron chi connectivity index (χ0n) is 19.4. The number of halogens is 2. The van der Waals surface area contributed by atoms with Crippen molar-refractivity contribution in [2.75, 3.05) is 11.5 Å². The highest BCUT2D eigenvalue weighted by atomic mass is 32.3. The van der Waals surface area contributed by atoms with E-state index in [0.717, 1.165) is 18.4 Å². The Morgan fingerprint density at radius 2 is 2.03 bits per heavy atom. The third-order valence-corrected chi connectivity index (χ3v) is 9.02. The summed E-state index contributed by atoms with van der Waals surface area (Å²) in [5.74, 6) is -0.316. The highest BCUT2D eigenvalue weighted by Crippen LogP contribution is 2.50. The largest absolute Gasteiger partial charge is 0.435 e. The van der Waals surface area contributed by atoms with E-state index >= 15 is 0 Å². The molecule has 3 aliphatic rings. The van der Waals surface area contributed by atoms with Gasteiger partial charge in [-0.3, -0.25) is 18.7 Å². The van der Waals surface area contributed by atoms with Crippen LogP contribution in [0.2, 0.25) is 0 Å². The number of hydrogen-bond donors (Lipinski definition) is 3. The molecule has 2 unspecified atom stereocenters. The van der Waals surface area contributed by atoms with Crippen molar-refractivity contribution in [3.63, 3.8) is 0 Å². The maximum Gasteiger partial charge on any atom is 0.387 e. The Bertz CT molecular complexity index is 1170. The molecular weight excluding hydrogens is 480 g/mol. The zero-order valence-corrected chi connectivity index (χ0v) is 20.2. The SMILES string of the molecule is CC1(NC(=O)C2CCc3c(-c4cccc(OC(F)F)c4)nn(C(=O)C4CC4)c3C2)CCS(O)(O)C1. The molecule has 0 spiro atoms. The van der Waals surface area contributed by atoms with E-state index in [-0.39, 0.29) is 40.9 Å². The van der Waals surface area contributed by atoms with Crippen LogP contribution in [0.25, 0.3) is 11.3 Å². The van der Waals surface area contributed by atoms with Gasteiger partial charge < -0.3 is 10.1 Å². The molecular formula is C24H29F2N3O5S. The van der Waals surface area contributed by atoms with Crippen molar-refractivity contribution >= 4 is 22.4 Å². The van der Waals surface area contributed by atoms with Gasteiger partial charge in [-0.25, -0.2) is 4.68 Å². The number of benzene rings is 1. The summed E-state index contributed by atoms with van der Waals surface area (Å²) in [4.78, 5) is 26.2. The van der Waals surface area contributed by atoms with Crippen LogP contribution in [0.4, 0.5) is 8.78 Å². The van der Waals surface area contributed by atoms with E-state index < -0.39 is 22.7 Å². The number of rotatable bonds is 6. The van der Waals surface area contributed by atoms with Crippen molar-refractivity contribution in [1.82, 2.24) is 15.1 Å². The second-order valence-corrected chi connectivity index (χ2v) is 12.4. The normalized spacial score (nSPS) is 26.3. The van der Waals surface area contributed by atoms with Crippen molar-refractivity contribution in [1.29, 1.82) is 0 Å². The van der Waals surface area contributed by atoms with Gasteiger partial charge in [-0.15, -0.1) is 0 Å². The molecule has 1 amide bonds. The highest BCUT2D eigenvalue weighted by Gasteiger charge is 2.42. The fraction of sp³-hybridized carbons (Fsp3) is 0.542. The van der Waals surface area contributed by atoms with Gasteiger partial charge in [0.15, 0.2) is 0 Å². The van der Waals surface area contributed by atoms with Crippen LogP contribution < -0.4 is 10.1 Å². The van der Waals surface area contributed by atoms with Crippen LogP contribution in [0, 0.1) is 11.8 Å². The lowest BCUT2D eigenvalue weighted by atomic mass is 9.84. The van der Waals surface area contributed by atoms with Crippen LogP contribution in [0.1, 0.15) is 48.7 Å². The van der Waals surface area contributed by atoms with Gasteiger partial charge in [-0.2, -0.15) is 24.5 Å². The number of carbonyl (C=O) groups excluding carboxylic acids is 2. The highest BCUT2D eigenvalue weighted by molar-refractivity contribution is 8.24. The van der Waals surface area contributed by atoms with Crippen molar-refractivity contribution in [3.05, 3.63) is 35.5 Å². The minimum Gasteiger partial charge on any atom is -0.435 e. The summed E-state index contributed by atoms with van der Waals surface area (Å²) in [6, 6.07) is 6.27. The fourth-order valence-corrected chi connectivity index (χ4v) is 7.27. The molecule has 1 saturated carbocycles. The molecule has 2 atom stereocenters. The molecule has 8 nitrogen and oxygen atoms in total. The van der Waals surface area contributed by atoms with Crippen molar-refractivity contribution in [2.24, 2.45) is 11.8 Å². The molecule has 2 aromatic rings. The first kappa shape index (κ1) is 24.2. The molecule has 2 heterocycles. The van der Waals surface area contributed by atoms with Gasteiger partial charge in [-0.1, -0.05) is 12.1 Å². The Morgan fingerprint density at radius 1 is 1.26 bits per heavy atom. The molecule has 2 fully saturated rings. The summed E-state index contributed by atoms with van der Waals surface area (Å²) >= 11 is 0. The second kappa shape index (κ2) is 8.86. The van der Waals surface area contributed by atoms with E-state index in [1.807, 2.05) is 6.92 Å². The number of alkyl halides is 2. The van der Waals surface area contributed by atoms with Crippen molar-refractivity contribution < 1.29 is 32.2 Å². The minimum atomic E-state index is -2.95. The third-order valence-electron chi connectivity index (χ3n) is 7.07. The number of nitrogens with zero attached hydrogens (tertiary/aromatic N) is 2. The molecule has 35 heavy (non-hydrogen) atoms. The fourth-order valence-electron chi connectivity index (χ4n) is 5.11. The summed E-state index contributed by atoms with van der Waals surface area (Å²) in [7, 11) is -2.67. The van der Waals surface area contributed by atoms with E-state index in [9.17, 15) is 27.5 Å². The molecule has 1 aliphatic heterocycles. The lowest BCUT2D eigenvalue weighted by molar-refractivity contribution is -0.126. The Kier molecular flexibility index (Phi) is 6.13. The molecule has 0 bridgehead atoms. The first-order valence-corrected chi connectivity index (χ1v) is 13.7. The number of hydrogen-bond acceptors (Lipinski definition) is 6. The van der Waals surface area contributed by atoms with Gasteiger partial charge in [0, 0.05) is 35.1 Å². The van der Waals surface area contributed by atoms with Gasteiger partial charge >= 0.3 is 6.61 Å². The molecule has 3 N–H and O–H groups in total. The predicted molar refractivity (Wildman–Crippen MR) is 127 cm³/mol. The van der Waals surface area contributed by atoms with E-state index in [1.54, 1.807) is 12.1 Å². The summed E-state index contributed by atoms with van der Waals surface area (Å²) in [6.45, 7) is -1.12. The number of nitrogens with one attached hydrogen (secondary N) is 1. The van der Waals surface area contributed by atoms with E-state index in [2.05, 4.69) is 15.2 Å². The van der Waals surface area contributed by atoms with Crippen molar-refractivity contribution in [3.8, 4) is 17.0 Å². The van der Waals surface area contributed by atoms with Gasteiger partial charge in [0.05, 0.1) is 22.7 Å². The Morgan fingerprint density at radius 3 is 2.69 bits per heavy atom. The van der Waals surface area contributed by atoms with Crippen LogP contribution in [0.3, 0.4) is 0 Å². The van der Waals surface area contributed by atoms with Crippen LogP contribution in [-0.4, -0.2) is 54.4 Å². The molecule has 1 aromatic heterocycles. The van der Waals surface area contributed by atoms with Gasteiger partial charge in [0.1, 0.15) is 5.75 Å². The Labute approximate surface area is 203 Å². The molecule has 1 aromatic carbocycles. The summed E-state index contributed by atoms with van der Waals surface area (Å²) in [6.07, 6.45) is 3.47. The quantitative estimate of drug-likeness (QED) is 0.534. The Balaban J connectivity index is 1.42. The monoisotopic (exact) mass is 509 g/mol. The summed E-state index contributed by atoms with van der Waals surface area (Å²) in [5, 5.41) is 7.62. The second-order valence-electron chi connectivity index (χ2n) is 10.1. The molecule has 0 radical (unpaired) electrons. The van der Waals surface area contributed by atoms with Gasteiger partial charge in [0.25, 0.3) is 0 Å². The van der Waals surface area contributed by atoms with Crippen LogP contribution in [-0.2, 0) is 17.6 Å². The first-order chi connectivity index (χ1) is 16.5. The Hall–Kier alpha value is -2.50. The van der Waals surface area contributed by atoms with Crippen molar-refractivity contribution in [2.45, 2.75) is 57.6 Å². The zero-order chi connectivity index (χ0) is 25.0. The number of ether oxygens (including phenoxy) is 1. The standard InChI is InChI=1S/C24H29F2N3O5S/c1-24(9-10-35(32,33)13-24)27-21(30)16-7-8-18-19(12-16)29(22(31)14-5-6-14)28-20(18)15-3-2-4-17(11-15)34-23(25)26/h2-4,11,14,16,23,32-33H,5-10,12-13H2,1H3,(H,27,30). The smallest absolute Gasteiger partial charge is 0.387 e. The molecule has 5 rings (SSSR count). The van der Waals surface area contributed by atoms with Crippen LogP contribution in [0.15, 0.2) is 24.3 Å². The topological polar surface area (TPSA) is 114 Å². The van der Waals surface area contributed by atoms with E-state index in [4.69, 9.17) is 0 Å². The number of carbonyl (C=O) groups is 2. The summed E-state index contributed by atoms with van der Waals surface area (Å²) < 4.78 is 51.4. The maximum atomic E-state index is 13.2. The number of aromatic nitrogens is 2. The van der Waals surface area contributed by atoms with Crippen LogP contribution in [0.5, 0.6) is 5.75 Å². The lowest BCUT2D eigenvalue weighted by Gasteiger charge is -2.32. The number of fused-ring (bicyclic) bond motifs is 1. The molecule has 2 aliphatic carbocycles. The minimum absolute atomic E-state index is 0.0122. The van der Waals surface area contributed by atoms with Gasteiger partial charge in [-0.05, 0) is 51.2 Å². The van der Waals surface area contributed by atoms with E-state index in [1.165, 1.54) is 16.8 Å².